The summed E-state index contributed by atoms with van der Waals surface area (Å²) in [5.41, 5.74) is 1.50. The summed E-state index contributed by atoms with van der Waals surface area (Å²) < 4.78 is 19.8. The summed E-state index contributed by atoms with van der Waals surface area (Å²) in [7, 11) is 0. The van der Waals surface area contributed by atoms with Crippen LogP contribution in [0.15, 0.2) is 46.9 Å². The lowest BCUT2D eigenvalue weighted by atomic mass is 10.2. The molecule has 18 heavy (non-hydrogen) atoms. The van der Waals surface area contributed by atoms with Crippen LogP contribution in [0.25, 0.3) is 0 Å². The highest BCUT2D eigenvalue weighted by Gasteiger charge is 2.04. The smallest absolute Gasteiger partial charge is 0.130 e. The fourth-order valence-corrected chi connectivity index (χ4v) is 2.02. The van der Waals surface area contributed by atoms with Crippen molar-refractivity contribution in [1.82, 2.24) is 0 Å². The van der Waals surface area contributed by atoms with Crippen molar-refractivity contribution in [2.24, 2.45) is 0 Å². The van der Waals surface area contributed by atoms with Gasteiger partial charge in [-0.3, -0.25) is 0 Å². The summed E-state index contributed by atoms with van der Waals surface area (Å²) in [6.07, 6.45) is 0. The topological polar surface area (TPSA) is 9.23 Å². The zero-order chi connectivity index (χ0) is 13.0. The second kappa shape index (κ2) is 6.21. The number of hydrogen-bond acceptors (Lipinski definition) is 1. The minimum atomic E-state index is -0.280. The van der Waals surface area contributed by atoms with Crippen LogP contribution in [0.3, 0.4) is 0 Å². The van der Waals surface area contributed by atoms with E-state index in [9.17, 15) is 4.39 Å². The van der Waals surface area contributed by atoms with Gasteiger partial charge in [0.15, 0.2) is 0 Å². The molecule has 1 nitrogen and oxygen atoms in total. The molecule has 0 unspecified atom stereocenters. The van der Waals surface area contributed by atoms with Gasteiger partial charge in [0.1, 0.15) is 18.2 Å². The summed E-state index contributed by atoms with van der Waals surface area (Å²) in [4.78, 5) is 0. The van der Waals surface area contributed by atoms with Crippen molar-refractivity contribution in [2.45, 2.75) is 12.5 Å². The Morgan fingerprint density at radius 3 is 2.72 bits per heavy atom. The predicted molar refractivity (Wildman–Crippen MR) is 74.4 cm³/mol. The maximum absolute atomic E-state index is 13.6. The third kappa shape index (κ3) is 3.47. The molecular weight excluding hydrogens is 319 g/mol. The van der Waals surface area contributed by atoms with E-state index in [1.165, 1.54) is 6.07 Å². The van der Waals surface area contributed by atoms with Gasteiger partial charge in [0, 0.05) is 15.9 Å². The largest absolute Gasteiger partial charge is 0.489 e. The molecule has 0 amide bonds. The highest BCUT2D eigenvalue weighted by Crippen LogP contribution is 2.19. The van der Waals surface area contributed by atoms with E-state index in [0.29, 0.717) is 21.7 Å². The molecule has 0 bridgehead atoms. The van der Waals surface area contributed by atoms with Crippen LogP contribution in [0, 0.1) is 5.82 Å². The predicted octanol–water partition coefficient (Wildman–Crippen LogP) is 4.91. The SMILES string of the molecule is Fc1cc(Br)ccc1COc1cccc(CCl)c1. The lowest BCUT2D eigenvalue weighted by Crippen LogP contribution is -1.98. The molecular formula is C14H11BrClFO. The van der Waals surface area contributed by atoms with Crippen molar-refractivity contribution in [3.05, 3.63) is 63.9 Å². The van der Waals surface area contributed by atoms with E-state index >= 15 is 0 Å². The summed E-state index contributed by atoms with van der Waals surface area (Å²) in [5, 5.41) is 0. The lowest BCUT2D eigenvalue weighted by Gasteiger charge is -2.08. The summed E-state index contributed by atoms with van der Waals surface area (Å²) in [6, 6.07) is 12.4. The fourth-order valence-electron chi connectivity index (χ4n) is 1.52. The molecule has 0 aliphatic carbocycles. The molecule has 2 rings (SSSR count). The van der Waals surface area contributed by atoms with Crippen LogP contribution in [0.2, 0.25) is 0 Å². The lowest BCUT2D eigenvalue weighted by molar-refractivity contribution is 0.299. The van der Waals surface area contributed by atoms with E-state index in [4.69, 9.17) is 16.3 Å². The first kappa shape index (κ1) is 13.4. The molecule has 0 atom stereocenters. The summed E-state index contributed by atoms with van der Waals surface area (Å²) >= 11 is 8.95. The maximum atomic E-state index is 13.6. The molecule has 0 saturated carbocycles. The van der Waals surface area contributed by atoms with E-state index in [0.717, 1.165) is 5.56 Å². The van der Waals surface area contributed by atoms with Crippen molar-refractivity contribution in [2.75, 3.05) is 0 Å². The van der Waals surface area contributed by atoms with Crippen molar-refractivity contribution in [1.29, 1.82) is 0 Å². The molecule has 0 radical (unpaired) electrons. The van der Waals surface area contributed by atoms with Gasteiger partial charge in [-0.25, -0.2) is 4.39 Å². The van der Waals surface area contributed by atoms with Gasteiger partial charge in [-0.15, -0.1) is 11.6 Å². The molecule has 0 fully saturated rings. The molecule has 2 aromatic carbocycles. The number of benzene rings is 2. The first-order valence-electron chi connectivity index (χ1n) is 5.40. The van der Waals surface area contributed by atoms with Gasteiger partial charge in [0.25, 0.3) is 0 Å². The van der Waals surface area contributed by atoms with E-state index in [2.05, 4.69) is 15.9 Å². The average Bonchev–Trinajstić information content (AvgIpc) is 2.38. The van der Waals surface area contributed by atoms with Crippen LogP contribution >= 0.6 is 27.5 Å². The molecule has 0 N–H and O–H groups in total. The van der Waals surface area contributed by atoms with Gasteiger partial charge >= 0.3 is 0 Å². The Morgan fingerprint density at radius 1 is 1.17 bits per heavy atom. The highest BCUT2D eigenvalue weighted by molar-refractivity contribution is 9.10. The quantitative estimate of drug-likeness (QED) is 0.725. The minimum Gasteiger partial charge on any atom is -0.489 e. The standard InChI is InChI=1S/C14H11BrClFO/c15-12-5-4-11(14(17)7-12)9-18-13-3-1-2-10(6-13)8-16/h1-7H,8-9H2. The zero-order valence-electron chi connectivity index (χ0n) is 9.50. The normalized spacial score (nSPS) is 10.4. The maximum Gasteiger partial charge on any atom is 0.130 e. The molecule has 4 heteroatoms. The van der Waals surface area contributed by atoms with Crippen LogP contribution in [0.1, 0.15) is 11.1 Å². The molecule has 0 heterocycles. The molecule has 0 aromatic heterocycles. The van der Waals surface area contributed by atoms with Gasteiger partial charge in [-0.1, -0.05) is 34.1 Å². The molecule has 94 valence electrons. The Kier molecular flexibility index (Phi) is 4.61. The highest BCUT2D eigenvalue weighted by atomic mass is 79.9. The molecule has 0 saturated heterocycles. The number of alkyl halides is 1. The minimum absolute atomic E-state index is 0.199. The van der Waals surface area contributed by atoms with Gasteiger partial charge in [-0.2, -0.15) is 0 Å². The third-order valence-corrected chi connectivity index (χ3v) is 3.26. The van der Waals surface area contributed by atoms with E-state index in [1.54, 1.807) is 12.1 Å². The van der Waals surface area contributed by atoms with Gasteiger partial charge < -0.3 is 4.74 Å². The number of hydrogen-bond donors (Lipinski definition) is 0. The first-order valence-corrected chi connectivity index (χ1v) is 6.73. The number of halogens is 3. The molecule has 0 aliphatic heterocycles. The summed E-state index contributed by atoms with van der Waals surface area (Å²) in [6.45, 7) is 0.199. The monoisotopic (exact) mass is 328 g/mol. The number of ether oxygens (including phenoxy) is 1. The second-order valence-corrected chi connectivity index (χ2v) is 4.99. The molecule has 0 aliphatic rings. The summed E-state index contributed by atoms with van der Waals surface area (Å²) in [5.74, 6) is 0.845. The Balaban J connectivity index is 2.06. The van der Waals surface area contributed by atoms with Crippen molar-refractivity contribution in [3.8, 4) is 5.75 Å². The van der Waals surface area contributed by atoms with Crippen LogP contribution in [0.5, 0.6) is 5.75 Å². The van der Waals surface area contributed by atoms with E-state index in [-0.39, 0.29) is 12.4 Å². The van der Waals surface area contributed by atoms with Crippen LogP contribution in [-0.4, -0.2) is 0 Å². The van der Waals surface area contributed by atoms with Crippen molar-refractivity contribution < 1.29 is 9.13 Å². The first-order chi connectivity index (χ1) is 8.69. The average molecular weight is 330 g/mol. The fraction of sp³-hybridized carbons (Fsp3) is 0.143. The zero-order valence-corrected chi connectivity index (χ0v) is 11.8. The van der Waals surface area contributed by atoms with E-state index in [1.807, 2.05) is 24.3 Å². The van der Waals surface area contributed by atoms with Crippen molar-refractivity contribution in [3.63, 3.8) is 0 Å². The van der Waals surface area contributed by atoms with E-state index < -0.39 is 0 Å². The third-order valence-electron chi connectivity index (χ3n) is 2.46. The molecule has 2 aromatic rings. The van der Waals surface area contributed by atoms with Crippen molar-refractivity contribution >= 4 is 27.5 Å². The molecule has 0 spiro atoms. The van der Waals surface area contributed by atoms with Crippen LogP contribution in [-0.2, 0) is 12.5 Å². The van der Waals surface area contributed by atoms with Gasteiger partial charge in [-0.05, 0) is 29.8 Å². The number of rotatable bonds is 4. The van der Waals surface area contributed by atoms with Gasteiger partial charge in [0.05, 0.1) is 0 Å². The van der Waals surface area contributed by atoms with Crippen LogP contribution < -0.4 is 4.74 Å². The Hall–Kier alpha value is -1.06. The Bertz CT molecular complexity index is 545. The Labute approximate surface area is 119 Å². The van der Waals surface area contributed by atoms with Crippen LogP contribution in [0.4, 0.5) is 4.39 Å². The Morgan fingerprint density at radius 2 is 2.00 bits per heavy atom. The van der Waals surface area contributed by atoms with Gasteiger partial charge in [0.2, 0.25) is 0 Å². The second-order valence-electron chi connectivity index (χ2n) is 3.81.